The normalized spacial score (nSPS) is 20.6. The highest BCUT2D eigenvalue weighted by molar-refractivity contribution is 9.09. The molecule has 1 aliphatic carbocycles. The van der Waals surface area contributed by atoms with Gasteiger partial charge in [0, 0.05) is 11.9 Å². The molecule has 0 atom stereocenters. The maximum absolute atomic E-state index is 12.1. The molecule has 88 valence electrons. The number of nitrogens with zero attached hydrogens (tertiary/aromatic N) is 1. The third kappa shape index (κ3) is 1.62. The standard InChI is InChI=1S/C13H12BrNO2/c14-7-13(5-6-13)8-15-11(16)9-3-1-2-4-10(9)12(15)17/h1-4H,5-8H2. The molecule has 1 aliphatic heterocycles. The van der Waals surface area contributed by atoms with E-state index in [2.05, 4.69) is 15.9 Å². The van der Waals surface area contributed by atoms with Crippen LogP contribution in [0.1, 0.15) is 33.6 Å². The molecule has 2 amide bonds. The van der Waals surface area contributed by atoms with Gasteiger partial charge in [-0.3, -0.25) is 14.5 Å². The van der Waals surface area contributed by atoms with Crippen molar-refractivity contribution in [3.8, 4) is 0 Å². The van der Waals surface area contributed by atoms with Crippen molar-refractivity contribution >= 4 is 27.7 Å². The van der Waals surface area contributed by atoms with Gasteiger partial charge in [0.15, 0.2) is 0 Å². The van der Waals surface area contributed by atoms with E-state index in [1.54, 1.807) is 24.3 Å². The SMILES string of the molecule is O=C1c2ccccc2C(=O)N1CC1(CBr)CC1. The number of alkyl halides is 1. The Balaban J connectivity index is 1.90. The van der Waals surface area contributed by atoms with E-state index in [1.807, 2.05) is 0 Å². The molecule has 0 saturated heterocycles. The number of hydrogen-bond donors (Lipinski definition) is 0. The highest BCUT2D eigenvalue weighted by Crippen LogP contribution is 2.48. The predicted molar refractivity (Wildman–Crippen MR) is 67.3 cm³/mol. The lowest BCUT2D eigenvalue weighted by Gasteiger charge is -2.19. The van der Waals surface area contributed by atoms with Crippen LogP contribution in [-0.2, 0) is 0 Å². The van der Waals surface area contributed by atoms with Crippen LogP contribution in [0.15, 0.2) is 24.3 Å². The first kappa shape index (κ1) is 11.0. The first-order valence-corrected chi connectivity index (χ1v) is 6.80. The fraction of sp³-hybridized carbons (Fsp3) is 0.385. The summed E-state index contributed by atoms with van der Waals surface area (Å²) in [6, 6.07) is 7.04. The Morgan fingerprint density at radius 3 is 2.06 bits per heavy atom. The van der Waals surface area contributed by atoms with Crippen molar-refractivity contribution in [1.82, 2.24) is 4.90 Å². The zero-order valence-electron chi connectivity index (χ0n) is 9.28. The highest BCUT2D eigenvalue weighted by Gasteiger charge is 2.47. The molecule has 3 nitrogen and oxygen atoms in total. The molecule has 17 heavy (non-hydrogen) atoms. The van der Waals surface area contributed by atoms with E-state index in [9.17, 15) is 9.59 Å². The number of amides is 2. The predicted octanol–water partition coefficient (Wildman–Crippen LogP) is 2.46. The minimum Gasteiger partial charge on any atom is -0.274 e. The van der Waals surface area contributed by atoms with Gasteiger partial charge in [0.25, 0.3) is 11.8 Å². The number of benzene rings is 1. The quantitative estimate of drug-likeness (QED) is 0.634. The van der Waals surface area contributed by atoms with Crippen LogP contribution in [0.4, 0.5) is 0 Å². The van der Waals surface area contributed by atoms with Gasteiger partial charge in [0.1, 0.15) is 0 Å². The molecule has 1 aromatic rings. The summed E-state index contributed by atoms with van der Waals surface area (Å²) < 4.78 is 0. The van der Waals surface area contributed by atoms with Gasteiger partial charge in [-0.25, -0.2) is 0 Å². The summed E-state index contributed by atoms with van der Waals surface area (Å²) in [6.07, 6.45) is 2.18. The molecule has 0 N–H and O–H groups in total. The lowest BCUT2D eigenvalue weighted by Crippen LogP contribution is -2.35. The van der Waals surface area contributed by atoms with Crippen LogP contribution in [-0.4, -0.2) is 28.6 Å². The third-order valence-corrected chi connectivity index (χ3v) is 4.80. The Hall–Kier alpha value is -1.16. The molecule has 1 saturated carbocycles. The fourth-order valence-corrected chi connectivity index (χ4v) is 2.97. The topological polar surface area (TPSA) is 37.4 Å². The lowest BCUT2D eigenvalue weighted by molar-refractivity contribution is 0.0627. The lowest BCUT2D eigenvalue weighted by atomic mass is 10.1. The van der Waals surface area contributed by atoms with E-state index in [0.717, 1.165) is 18.2 Å². The molecule has 2 aliphatic rings. The summed E-state index contributed by atoms with van der Waals surface area (Å²) in [5, 5.41) is 0.855. The van der Waals surface area contributed by atoms with Gasteiger partial charge in [-0.15, -0.1) is 0 Å². The van der Waals surface area contributed by atoms with E-state index in [1.165, 1.54) is 4.90 Å². The molecule has 4 heteroatoms. The average Bonchev–Trinajstić information content (AvgIpc) is 3.10. The number of hydrogen-bond acceptors (Lipinski definition) is 2. The molecule has 1 fully saturated rings. The molecule has 0 radical (unpaired) electrons. The summed E-state index contributed by atoms with van der Waals surface area (Å²) in [5.74, 6) is -0.282. The van der Waals surface area contributed by atoms with Crippen LogP contribution in [0.5, 0.6) is 0 Å². The second-order valence-corrected chi connectivity index (χ2v) is 5.44. The van der Waals surface area contributed by atoms with E-state index in [4.69, 9.17) is 0 Å². The largest absolute Gasteiger partial charge is 0.274 e. The van der Waals surface area contributed by atoms with Gasteiger partial charge in [-0.2, -0.15) is 0 Å². The fourth-order valence-electron chi connectivity index (χ4n) is 2.23. The van der Waals surface area contributed by atoms with Crippen LogP contribution >= 0.6 is 15.9 Å². The minimum atomic E-state index is -0.141. The van der Waals surface area contributed by atoms with Crippen LogP contribution in [0.25, 0.3) is 0 Å². The van der Waals surface area contributed by atoms with Gasteiger partial charge < -0.3 is 0 Å². The van der Waals surface area contributed by atoms with Crippen molar-refractivity contribution in [3.63, 3.8) is 0 Å². The van der Waals surface area contributed by atoms with E-state index in [0.29, 0.717) is 17.7 Å². The van der Waals surface area contributed by atoms with Crippen LogP contribution < -0.4 is 0 Å². The van der Waals surface area contributed by atoms with Crippen molar-refractivity contribution in [2.24, 2.45) is 5.41 Å². The molecule has 0 bridgehead atoms. The zero-order valence-corrected chi connectivity index (χ0v) is 10.9. The molecule has 1 aromatic carbocycles. The third-order valence-electron chi connectivity index (χ3n) is 3.61. The molecule has 0 aromatic heterocycles. The summed E-state index contributed by atoms with van der Waals surface area (Å²) >= 11 is 3.47. The number of carbonyl (C=O) groups excluding carboxylic acids is 2. The van der Waals surface area contributed by atoms with Gasteiger partial charge >= 0.3 is 0 Å². The van der Waals surface area contributed by atoms with E-state index < -0.39 is 0 Å². The Kier molecular flexibility index (Phi) is 2.36. The van der Waals surface area contributed by atoms with E-state index in [-0.39, 0.29) is 17.2 Å². The molecular weight excluding hydrogens is 282 g/mol. The molecule has 0 unspecified atom stereocenters. The number of halogens is 1. The smallest absolute Gasteiger partial charge is 0.261 e. The first-order chi connectivity index (χ1) is 8.17. The summed E-state index contributed by atoms with van der Waals surface area (Å²) in [5.41, 5.74) is 1.22. The average molecular weight is 294 g/mol. The monoisotopic (exact) mass is 293 g/mol. The van der Waals surface area contributed by atoms with Crippen molar-refractivity contribution in [2.75, 3.05) is 11.9 Å². The van der Waals surface area contributed by atoms with Crippen molar-refractivity contribution in [3.05, 3.63) is 35.4 Å². The summed E-state index contributed by atoms with van der Waals surface area (Å²) in [7, 11) is 0. The Morgan fingerprint density at radius 2 is 1.65 bits per heavy atom. The molecule has 0 spiro atoms. The molecule has 3 rings (SSSR count). The minimum absolute atomic E-state index is 0.132. The van der Waals surface area contributed by atoms with Crippen LogP contribution in [0.3, 0.4) is 0 Å². The number of rotatable bonds is 3. The second-order valence-electron chi connectivity index (χ2n) is 4.88. The number of carbonyl (C=O) groups is 2. The Bertz CT molecular complexity index is 473. The first-order valence-electron chi connectivity index (χ1n) is 5.68. The highest BCUT2D eigenvalue weighted by atomic mass is 79.9. The Labute approximate surface area is 108 Å². The van der Waals surface area contributed by atoms with Crippen LogP contribution in [0.2, 0.25) is 0 Å². The van der Waals surface area contributed by atoms with Gasteiger partial charge in [-0.05, 0) is 30.4 Å². The second kappa shape index (κ2) is 3.67. The maximum Gasteiger partial charge on any atom is 0.261 e. The van der Waals surface area contributed by atoms with Gasteiger partial charge in [0.05, 0.1) is 11.1 Å². The number of fused-ring (bicyclic) bond motifs is 1. The van der Waals surface area contributed by atoms with Crippen molar-refractivity contribution in [2.45, 2.75) is 12.8 Å². The maximum atomic E-state index is 12.1. The number of imide groups is 1. The van der Waals surface area contributed by atoms with E-state index >= 15 is 0 Å². The van der Waals surface area contributed by atoms with Gasteiger partial charge in [0.2, 0.25) is 0 Å². The van der Waals surface area contributed by atoms with Crippen LogP contribution in [0, 0.1) is 5.41 Å². The Morgan fingerprint density at radius 1 is 1.12 bits per heavy atom. The molecule has 1 heterocycles. The van der Waals surface area contributed by atoms with Crippen molar-refractivity contribution in [1.29, 1.82) is 0 Å². The summed E-state index contributed by atoms with van der Waals surface area (Å²) in [4.78, 5) is 25.6. The molecular formula is C13H12BrNO2. The zero-order chi connectivity index (χ0) is 12.0. The van der Waals surface area contributed by atoms with Gasteiger partial charge in [-0.1, -0.05) is 28.1 Å². The van der Waals surface area contributed by atoms with Crippen molar-refractivity contribution < 1.29 is 9.59 Å². The summed E-state index contributed by atoms with van der Waals surface area (Å²) in [6.45, 7) is 0.546.